The average molecular weight is 408 g/mol. The van der Waals surface area contributed by atoms with Crippen molar-refractivity contribution >= 4 is 0 Å². The van der Waals surface area contributed by atoms with Gasteiger partial charge in [0.1, 0.15) is 41.7 Å². The normalized spacial score (nSPS) is 29.4. The van der Waals surface area contributed by atoms with E-state index in [1.54, 1.807) is 14.2 Å². The summed E-state index contributed by atoms with van der Waals surface area (Å²) in [4.78, 5) is 0. The molecule has 4 atom stereocenters. The zero-order chi connectivity index (χ0) is 20.6. The molecule has 0 N–H and O–H groups in total. The highest BCUT2D eigenvalue weighted by molar-refractivity contribution is 5.61. The van der Waals surface area contributed by atoms with Gasteiger partial charge in [0.25, 0.3) is 0 Å². The predicted octanol–water partition coefficient (Wildman–Crippen LogP) is 3.75. The number of ether oxygens (including phenoxy) is 6. The van der Waals surface area contributed by atoms with Crippen LogP contribution in [0, 0.1) is 0 Å². The van der Waals surface area contributed by atoms with Crippen LogP contribution in [0.1, 0.15) is 29.5 Å². The predicted molar refractivity (Wildman–Crippen MR) is 109 cm³/mol. The molecule has 0 bridgehead atoms. The molecule has 4 aliphatic rings. The average Bonchev–Trinajstić information content (AvgIpc) is 3.40. The van der Waals surface area contributed by atoms with Gasteiger partial charge in [-0.2, -0.15) is 0 Å². The largest absolute Gasteiger partial charge is 0.493 e. The standard InChI is InChI=1S/C24H24O6/c1-12(2)17-8-14-16(29-17)6-5-15-23(14)30-21-10-27-18-9-20(26-4)19(25-3)7-13(18)22(21)24(15)11-28-24/h5-7,9,17,21-22H,1,8,10-11H2,2-4H3. The van der Waals surface area contributed by atoms with E-state index in [-0.39, 0.29) is 18.1 Å². The van der Waals surface area contributed by atoms with E-state index in [0.29, 0.717) is 24.7 Å². The number of hydrogen-bond donors (Lipinski definition) is 0. The van der Waals surface area contributed by atoms with E-state index in [0.717, 1.165) is 45.9 Å². The van der Waals surface area contributed by atoms with Crippen molar-refractivity contribution in [1.82, 2.24) is 0 Å². The first-order chi connectivity index (χ1) is 14.6. The van der Waals surface area contributed by atoms with E-state index in [2.05, 4.69) is 12.6 Å². The Kier molecular flexibility index (Phi) is 3.64. The van der Waals surface area contributed by atoms with Crippen molar-refractivity contribution in [3.05, 3.63) is 53.1 Å². The summed E-state index contributed by atoms with van der Waals surface area (Å²) in [5.41, 5.74) is 3.83. The fourth-order valence-electron chi connectivity index (χ4n) is 5.13. The summed E-state index contributed by atoms with van der Waals surface area (Å²) in [6.07, 6.45) is 0.606. The van der Waals surface area contributed by atoms with E-state index in [9.17, 15) is 0 Å². The van der Waals surface area contributed by atoms with Gasteiger partial charge in [0.05, 0.1) is 26.7 Å². The topological polar surface area (TPSA) is 58.7 Å². The van der Waals surface area contributed by atoms with Crippen LogP contribution in [0.3, 0.4) is 0 Å². The molecule has 1 saturated heterocycles. The first kappa shape index (κ1) is 18.0. The van der Waals surface area contributed by atoms with Crippen molar-refractivity contribution in [2.75, 3.05) is 27.4 Å². The number of benzene rings is 2. The molecule has 156 valence electrons. The number of methoxy groups -OCH3 is 2. The highest BCUT2D eigenvalue weighted by Gasteiger charge is 2.63. The van der Waals surface area contributed by atoms with Gasteiger partial charge in [-0.05, 0) is 30.7 Å². The van der Waals surface area contributed by atoms with Gasteiger partial charge in [-0.1, -0.05) is 6.58 Å². The lowest BCUT2D eigenvalue weighted by Crippen LogP contribution is -2.45. The Bertz CT molecular complexity index is 1070. The summed E-state index contributed by atoms with van der Waals surface area (Å²) in [6, 6.07) is 8.02. The van der Waals surface area contributed by atoms with Crippen molar-refractivity contribution in [2.45, 2.75) is 37.1 Å². The van der Waals surface area contributed by atoms with Crippen LogP contribution in [0.25, 0.3) is 0 Å². The van der Waals surface area contributed by atoms with Gasteiger partial charge < -0.3 is 28.4 Å². The number of rotatable bonds is 3. The van der Waals surface area contributed by atoms with Crippen LogP contribution >= 0.6 is 0 Å². The van der Waals surface area contributed by atoms with Crippen LogP contribution in [-0.4, -0.2) is 39.6 Å². The molecule has 0 radical (unpaired) electrons. The Hall–Kier alpha value is -2.86. The van der Waals surface area contributed by atoms with Crippen LogP contribution in [0.15, 0.2) is 36.4 Å². The Morgan fingerprint density at radius 1 is 1.10 bits per heavy atom. The molecule has 6 heteroatoms. The summed E-state index contributed by atoms with van der Waals surface area (Å²) >= 11 is 0. The van der Waals surface area contributed by atoms with Crippen molar-refractivity contribution in [2.24, 2.45) is 0 Å². The monoisotopic (exact) mass is 408 g/mol. The van der Waals surface area contributed by atoms with Crippen molar-refractivity contribution in [3.63, 3.8) is 0 Å². The van der Waals surface area contributed by atoms with E-state index >= 15 is 0 Å². The molecule has 4 aliphatic heterocycles. The summed E-state index contributed by atoms with van der Waals surface area (Å²) in [5.74, 6) is 3.91. The molecule has 6 rings (SSSR count). The Morgan fingerprint density at radius 3 is 2.57 bits per heavy atom. The molecule has 2 aromatic carbocycles. The molecule has 1 fully saturated rings. The molecule has 6 nitrogen and oxygen atoms in total. The summed E-state index contributed by atoms with van der Waals surface area (Å²) in [6.45, 7) is 7.17. The molecule has 0 amide bonds. The second-order valence-electron chi connectivity index (χ2n) is 8.44. The minimum absolute atomic E-state index is 0.0102. The molecule has 0 saturated carbocycles. The fraction of sp³-hybridized carbons (Fsp3) is 0.417. The quantitative estimate of drug-likeness (QED) is 0.570. The van der Waals surface area contributed by atoms with Gasteiger partial charge in [-0.3, -0.25) is 0 Å². The zero-order valence-corrected chi connectivity index (χ0v) is 17.3. The minimum Gasteiger partial charge on any atom is -0.493 e. The molecule has 4 heterocycles. The smallest absolute Gasteiger partial charge is 0.164 e. The molecule has 2 aromatic rings. The van der Waals surface area contributed by atoms with E-state index in [1.165, 1.54) is 0 Å². The number of epoxide rings is 1. The van der Waals surface area contributed by atoms with Crippen LogP contribution in [-0.2, 0) is 16.8 Å². The molecule has 0 aromatic heterocycles. The first-order valence-electron chi connectivity index (χ1n) is 10.2. The molecular weight excluding hydrogens is 384 g/mol. The highest BCUT2D eigenvalue weighted by Crippen LogP contribution is 2.62. The van der Waals surface area contributed by atoms with Gasteiger partial charge in [0.2, 0.25) is 0 Å². The van der Waals surface area contributed by atoms with Gasteiger partial charge >= 0.3 is 0 Å². The lowest BCUT2D eigenvalue weighted by Gasteiger charge is -2.42. The lowest BCUT2D eigenvalue weighted by atomic mass is 9.74. The Labute approximate surface area is 175 Å². The van der Waals surface area contributed by atoms with Crippen molar-refractivity contribution < 1.29 is 28.4 Å². The summed E-state index contributed by atoms with van der Waals surface area (Å²) in [7, 11) is 3.27. The summed E-state index contributed by atoms with van der Waals surface area (Å²) in [5, 5.41) is 0. The second kappa shape index (κ2) is 6.08. The molecular formula is C24H24O6. The minimum atomic E-state index is -0.410. The van der Waals surface area contributed by atoms with Crippen LogP contribution < -0.4 is 23.7 Å². The Morgan fingerprint density at radius 2 is 1.87 bits per heavy atom. The highest BCUT2D eigenvalue weighted by atomic mass is 16.6. The summed E-state index contributed by atoms with van der Waals surface area (Å²) < 4.78 is 35.9. The van der Waals surface area contributed by atoms with Crippen LogP contribution in [0.5, 0.6) is 28.7 Å². The number of hydrogen-bond acceptors (Lipinski definition) is 6. The fourth-order valence-corrected chi connectivity index (χ4v) is 5.13. The molecule has 4 unspecified atom stereocenters. The van der Waals surface area contributed by atoms with E-state index in [1.807, 2.05) is 25.1 Å². The third-order valence-corrected chi connectivity index (χ3v) is 6.73. The molecule has 0 aliphatic carbocycles. The molecule has 1 spiro atoms. The van der Waals surface area contributed by atoms with Gasteiger partial charge in [0, 0.05) is 29.2 Å². The SMILES string of the molecule is C=C(C)C1Cc2c(ccc3c2OC2COc4cc(OC)c(OC)cc4C2C32CO2)O1. The maximum atomic E-state index is 6.58. The van der Waals surface area contributed by atoms with Crippen molar-refractivity contribution in [3.8, 4) is 28.7 Å². The lowest BCUT2D eigenvalue weighted by molar-refractivity contribution is 0.0306. The third kappa shape index (κ3) is 2.28. The second-order valence-corrected chi connectivity index (χ2v) is 8.44. The zero-order valence-electron chi connectivity index (χ0n) is 17.3. The van der Waals surface area contributed by atoms with Crippen molar-refractivity contribution in [1.29, 1.82) is 0 Å². The first-order valence-corrected chi connectivity index (χ1v) is 10.2. The van der Waals surface area contributed by atoms with Crippen LogP contribution in [0.2, 0.25) is 0 Å². The molecule has 30 heavy (non-hydrogen) atoms. The maximum Gasteiger partial charge on any atom is 0.164 e. The van der Waals surface area contributed by atoms with E-state index < -0.39 is 5.60 Å². The van der Waals surface area contributed by atoms with Crippen LogP contribution in [0.4, 0.5) is 0 Å². The van der Waals surface area contributed by atoms with E-state index in [4.69, 9.17) is 28.4 Å². The van der Waals surface area contributed by atoms with Gasteiger partial charge in [-0.25, -0.2) is 0 Å². The third-order valence-electron chi connectivity index (χ3n) is 6.73. The Balaban J connectivity index is 1.47. The van der Waals surface area contributed by atoms with Gasteiger partial charge in [0.15, 0.2) is 11.5 Å². The number of fused-ring (bicyclic) bond motifs is 8. The van der Waals surface area contributed by atoms with Gasteiger partial charge in [-0.15, -0.1) is 0 Å². The maximum absolute atomic E-state index is 6.58.